The molecule has 1 aliphatic heterocycles. The molecule has 1 aliphatic rings. The first-order valence-electron chi connectivity index (χ1n) is 10.1. The molecule has 0 saturated carbocycles. The minimum Gasteiger partial charge on any atom is -0.474 e. The number of rotatable bonds is 8. The summed E-state index contributed by atoms with van der Waals surface area (Å²) in [5.41, 5.74) is 2.64. The van der Waals surface area contributed by atoms with Crippen molar-refractivity contribution in [3.8, 4) is 0 Å². The lowest BCUT2D eigenvalue weighted by molar-refractivity contribution is -0.148. The quantitative estimate of drug-likeness (QED) is 0.613. The van der Waals surface area contributed by atoms with Crippen LogP contribution in [0.15, 0.2) is 60.4 Å². The van der Waals surface area contributed by atoms with Crippen molar-refractivity contribution in [3.63, 3.8) is 0 Å². The van der Waals surface area contributed by atoms with E-state index >= 15 is 0 Å². The summed E-state index contributed by atoms with van der Waals surface area (Å²) in [6.07, 6.45) is 0. The minimum atomic E-state index is -0.283. The zero-order chi connectivity index (χ0) is 21.5. The first-order valence-corrected chi connectivity index (χ1v) is 10.1. The molecule has 0 aliphatic carbocycles. The minimum absolute atomic E-state index is 0.0622. The van der Waals surface area contributed by atoms with Crippen LogP contribution in [0, 0.1) is 5.92 Å². The van der Waals surface area contributed by atoms with Crippen molar-refractivity contribution in [2.24, 2.45) is 5.92 Å². The number of para-hydroxylation sites is 1. The summed E-state index contributed by atoms with van der Waals surface area (Å²) in [6, 6.07) is 16.8. The fourth-order valence-electron chi connectivity index (χ4n) is 3.12. The van der Waals surface area contributed by atoms with Crippen LogP contribution >= 0.6 is 0 Å². The number of carbonyl (C=O) groups is 2. The lowest BCUT2D eigenvalue weighted by atomic mass is 10.0. The fraction of sp³-hybridized carbons (Fsp3) is 0.333. The van der Waals surface area contributed by atoms with Crippen LogP contribution in [0.25, 0.3) is 5.57 Å². The molecule has 0 aromatic heterocycles. The van der Waals surface area contributed by atoms with Gasteiger partial charge in [0.1, 0.15) is 19.0 Å². The Morgan fingerprint density at radius 3 is 2.47 bits per heavy atom. The Balaban J connectivity index is 1.93. The highest BCUT2D eigenvalue weighted by molar-refractivity contribution is 6.27. The van der Waals surface area contributed by atoms with Gasteiger partial charge >= 0.3 is 5.97 Å². The molecular weight excluding hydrogens is 382 g/mol. The fourth-order valence-corrected chi connectivity index (χ4v) is 3.12. The van der Waals surface area contributed by atoms with Gasteiger partial charge in [-0.1, -0.05) is 62.4 Å². The molecule has 1 heterocycles. The van der Waals surface area contributed by atoms with Crippen LogP contribution in [-0.2, 0) is 30.4 Å². The molecule has 6 nitrogen and oxygen atoms in total. The van der Waals surface area contributed by atoms with E-state index in [1.165, 1.54) is 0 Å². The average Bonchev–Trinajstić information content (AvgIpc) is 2.77. The van der Waals surface area contributed by atoms with E-state index in [0.29, 0.717) is 23.6 Å². The molecule has 2 aromatic carbocycles. The van der Waals surface area contributed by atoms with Crippen LogP contribution in [0.5, 0.6) is 0 Å². The van der Waals surface area contributed by atoms with Crippen LogP contribution in [0.3, 0.4) is 0 Å². The van der Waals surface area contributed by atoms with E-state index < -0.39 is 0 Å². The standard InChI is InChI=1S/C24H27NO5/c1-4-28-15-21-22(18-10-6-5-7-11-18)23(26)25(16-30-21)20-13-9-8-12-19(20)14-29-24(27)17(2)3/h5-13,17H,4,14-16H2,1-3H3. The van der Waals surface area contributed by atoms with Gasteiger partial charge in [-0.15, -0.1) is 0 Å². The van der Waals surface area contributed by atoms with Crippen molar-refractivity contribution < 1.29 is 23.8 Å². The van der Waals surface area contributed by atoms with Crippen LogP contribution in [0.2, 0.25) is 0 Å². The number of ether oxygens (including phenoxy) is 3. The molecule has 0 N–H and O–H groups in total. The molecule has 0 unspecified atom stereocenters. The summed E-state index contributed by atoms with van der Waals surface area (Å²) in [4.78, 5) is 27.0. The number of benzene rings is 2. The zero-order valence-electron chi connectivity index (χ0n) is 17.6. The second-order valence-electron chi connectivity index (χ2n) is 7.20. The van der Waals surface area contributed by atoms with Gasteiger partial charge < -0.3 is 14.2 Å². The maximum atomic E-state index is 13.5. The molecule has 0 saturated heterocycles. The van der Waals surface area contributed by atoms with E-state index in [4.69, 9.17) is 14.2 Å². The number of amides is 1. The number of esters is 1. The van der Waals surface area contributed by atoms with Gasteiger partial charge in [-0.3, -0.25) is 14.5 Å². The molecule has 6 heteroatoms. The topological polar surface area (TPSA) is 65.1 Å². The zero-order valence-corrected chi connectivity index (χ0v) is 17.6. The first kappa shape index (κ1) is 21.6. The number of anilines is 1. The second kappa shape index (κ2) is 10.1. The van der Waals surface area contributed by atoms with Crippen molar-refractivity contribution in [2.45, 2.75) is 27.4 Å². The van der Waals surface area contributed by atoms with E-state index in [1.54, 1.807) is 18.7 Å². The summed E-state index contributed by atoms with van der Waals surface area (Å²) >= 11 is 0. The smallest absolute Gasteiger partial charge is 0.308 e. The summed E-state index contributed by atoms with van der Waals surface area (Å²) in [5.74, 6) is -0.154. The third kappa shape index (κ3) is 4.89. The number of nitrogens with zero attached hydrogens (tertiary/aromatic N) is 1. The third-order valence-electron chi connectivity index (χ3n) is 4.73. The Morgan fingerprint density at radius 2 is 1.77 bits per heavy atom. The van der Waals surface area contributed by atoms with Gasteiger partial charge in [0.25, 0.3) is 5.91 Å². The number of hydrogen-bond acceptors (Lipinski definition) is 5. The molecule has 3 rings (SSSR count). The van der Waals surface area contributed by atoms with Gasteiger partial charge in [0.2, 0.25) is 0 Å². The van der Waals surface area contributed by atoms with Crippen LogP contribution < -0.4 is 4.90 Å². The molecule has 2 aromatic rings. The monoisotopic (exact) mass is 409 g/mol. The first-order chi connectivity index (χ1) is 14.5. The predicted molar refractivity (Wildman–Crippen MR) is 114 cm³/mol. The Bertz CT molecular complexity index is 920. The lowest BCUT2D eigenvalue weighted by Crippen LogP contribution is -2.39. The Kier molecular flexibility index (Phi) is 7.25. The highest BCUT2D eigenvalue weighted by Gasteiger charge is 2.31. The molecular formula is C24H27NO5. The Labute approximate surface area is 177 Å². The second-order valence-corrected chi connectivity index (χ2v) is 7.20. The van der Waals surface area contributed by atoms with E-state index in [2.05, 4.69) is 0 Å². The van der Waals surface area contributed by atoms with E-state index in [0.717, 1.165) is 11.1 Å². The normalized spacial score (nSPS) is 14.1. The van der Waals surface area contributed by atoms with Crippen LogP contribution in [-0.4, -0.2) is 31.8 Å². The van der Waals surface area contributed by atoms with Gasteiger partial charge in [-0.05, 0) is 18.6 Å². The van der Waals surface area contributed by atoms with Gasteiger partial charge in [0.05, 0.1) is 17.2 Å². The van der Waals surface area contributed by atoms with Crippen molar-refractivity contribution >= 4 is 23.1 Å². The summed E-state index contributed by atoms with van der Waals surface area (Å²) in [6.45, 7) is 6.37. The maximum absolute atomic E-state index is 13.5. The molecule has 0 spiro atoms. The highest BCUT2D eigenvalue weighted by Crippen LogP contribution is 2.32. The third-order valence-corrected chi connectivity index (χ3v) is 4.73. The number of carbonyl (C=O) groups excluding carboxylic acids is 2. The molecule has 0 radical (unpaired) electrons. The summed E-state index contributed by atoms with van der Waals surface area (Å²) < 4.78 is 16.9. The van der Waals surface area contributed by atoms with Crippen LogP contribution in [0.4, 0.5) is 5.69 Å². The lowest BCUT2D eigenvalue weighted by Gasteiger charge is -2.32. The molecule has 0 bridgehead atoms. The Morgan fingerprint density at radius 1 is 1.07 bits per heavy atom. The highest BCUT2D eigenvalue weighted by atomic mass is 16.5. The molecule has 30 heavy (non-hydrogen) atoms. The largest absolute Gasteiger partial charge is 0.474 e. The summed E-state index contributed by atoms with van der Waals surface area (Å²) in [5, 5.41) is 0. The van der Waals surface area contributed by atoms with Crippen molar-refractivity contribution in [2.75, 3.05) is 24.8 Å². The average molecular weight is 409 g/mol. The predicted octanol–water partition coefficient (Wildman–Crippen LogP) is 4.15. The molecule has 1 amide bonds. The van der Waals surface area contributed by atoms with Gasteiger partial charge in [-0.25, -0.2) is 0 Å². The van der Waals surface area contributed by atoms with Gasteiger partial charge in [-0.2, -0.15) is 0 Å². The SMILES string of the molecule is CCOCC1=C(c2ccccc2)C(=O)N(c2ccccc2COC(=O)C(C)C)CO1. The van der Waals surface area contributed by atoms with E-state index in [1.807, 2.05) is 61.5 Å². The van der Waals surface area contributed by atoms with Gasteiger partial charge in [0, 0.05) is 12.2 Å². The molecule has 158 valence electrons. The van der Waals surface area contributed by atoms with Crippen molar-refractivity contribution in [1.82, 2.24) is 0 Å². The maximum Gasteiger partial charge on any atom is 0.308 e. The van der Waals surface area contributed by atoms with Gasteiger partial charge in [0.15, 0.2) is 6.73 Å². The van der Waals surface area contributed by atoms with Crippen molar-refractivity contribution in [1.29, 1.82) is 0 Å². The Hall–Kier alpha value is -3.12. The summed E-state index contributed by atoms with van der Waals surface area (Å²) in [7, 11) is 0. The number of hydrogen-bond donors (Lipinski definition) is 0. The van der Waals surface area contributed by atoms with Crippen LogP contribution in [0.1, 0.15) is 31.9 Å². The van der Waals surface area contributed by atoms with Crippen molar-refractivity contribution in [3.05, 3.63) is 71.5 Å². The molecule has 0 fully saturated rings. The van der Waals surface area contributed by atoms with E-state index in [9.17, 15) is 9.59 Å². The molecule has 0 atom stereocenters. The van der Waals surface area contributed by atoms with E-state index in [-0.39, 0.29) is 37.7 Å².